The summed E-state index contributed by atoms with van der Waals surface area (Å²) in [4.78, 5) is 4.28. The number of hydrogen-bond donors (Lipinski definition) is 1. The van der Waals surface area contributed by atoms with Crippen molar-refractivity contribution in [3.8, 4) is 0 Å². The van der Waals surface area contributed by atoms with Crippen molar-refractivity contribution < 1.29 is 0 Å². The lowest BCUT2D eigenvalue weighted by atomic mass is 10.2. The van der Waals surface area contributed by atoms with Gasteiger partial charge in [-0.2, -0.15) is 0 Å². The molecule has 1 aromatic carbocycles. The Bertz CT molecular complexity index is 508. The van der Waals surface area contributed by atoms with Gasteiger partial charge in [0.05, 0.1) is 12.0 Å². The van der Waals surface area contributed by atoms with E-state index in [4.69, 9.17) is 23.2 Å². The van der Waals surface area contributed by atoms with Gasteiger partial charge in [0, 0.05) is 29.3 Å². The Morgan fingerprint density at radius 2 is 2.18 bits per heavy atom. The Balaban J connectivity index is 2.13. The molecule has 0 saturated heterocycles. The Kier molecular flexibility index (Phi) is 4.05. The highest BCUT2D eigenvalue weighted by atomic mass is 35.5. The number of imidazole rings is 1. The van der Waals surface area contributed by atoms with Crippen LogP contribution < -0.4 is 5.32 Å². The summed E-state index contributed by atoms with van der Waals surface area (Å²) in [5.74, 6) is 0. The van der Waals surface area contributed by atoms with E-state index in [9.17, 15) is 0 Å². The molecule has 0 radical (unpaired) electrons. The first-order valence-corrected chi connectivity index (χ1v) is 6.04. The summed E-state index contributed by atoms with van der Waals surface area (Å²) >= 11 is 12.0. The number of nitrogens with one attached hydrogen (secondary N) is 1. The fourth-order valence-electron chi connectivity index (χ4n) is 1.61. The number of rotatable bonds is 4. The predicted molar refractivity (Wildman–Crippen MR) is 70.6 cm³/mol. The molecule has 0 aliphatic rings. The molecule has 0 amide bonds. The molecule has 0 fully saturated rings. The van der Waals surface area contributed by atoms with Crippen LogP contribution in [0.25, 0.3) is 0 Å². The molecule has 0 saturated carbocycles. The van der Waals surface area contributed by atoms with Crippen LogP contribution in [0.1, 0.15) is 11.3 Å². The molecule has 3 nitrogen and oxygen atoms in total. The van der Waals surface area contributed by atoms with Gasteiger partial charge in [-0.1, -0.05) is 29.3 Å². The molecule has 90 valence electrons. The van der Waals surface area contributed by atoms with E-state index in [-0.39, 0.29) is 0 Å². The predicted octanol–water partition coefficient (Wildman–Crippen LogP) is 2.96. The molecule has 5 heteroatoms. The van der Waals surface area contributed by atoms with Gasteiger partial charge in [-0.15, -0.1) is 0 Å². The maximum atomic E-state index is 6.12. The standard InChI is InChI=1S/C12H13Cl2N3/c1-15-5-11-7-17(8-16-11)6-9-2-3-10(13)4-12(9)14/h2-4,7-8,15H,5-6H2,1H3. The molecule has 0 unspecified atom stereocenters. The van der Waals surface area contributed by atoms with Crippen molar-refractivity contribution in [2.24, 2.45) is 0 Å². The first-order chi connectivity index (χ1) is 8.19. The third kappa shape index (κ3) is 3.22. The lowest BCUT2D eigenvalue weighted by Crippen LogP contribution is -2.05. The van der Waals surface area contributed by atoms with Crippen molar-refractivity contribution in [2.75, 3.05) is 7.05 Å². The fraction of sp³-hybridized carbons (Fsp3) is 0.250. The summed E-state index contributed by atoms with van der Waals surface area (Å²) in [6, 6.07) is 5.53. The minimum atomic E-state index is 0.653. The third-order valence-electron chi connectivity index (χ3n) is 2.41. The zero-order chi connectivity index (χ0) is 12.3. The molecule has 2 aromatic rings. The first-order valence-electron chi connectivity index (χ1n) is 5.28. The van der Waals surface area contributed by atoms with Crippen LogP contribution in [0.2, 0.25) is 10.0 Å². The SMILES string of the molecule is CNCc1cn(Cc2ccc(Cl)cc2Cl)cn1. The molecule has 0 aliphatic carbocycles. The van der Waals surface area contributed by atoms with Crippen LogP contribution in [-0.2, 0) is 13.1 Å². The summed E-state index contributed by atoms with van der Waals surface area (Å²) in [7, 11) is 1.90. The Hall–Kier alpha value is -1.03. The lowest BCUT2D eigenvalue weighted by Gasteiger charge is -2.05. The van der Waals surface area contributed by atoms with E-state index in [0.29, 0.717) is 16.6 Å². The minimum absolute atomic E-state index is 0.653. The van der Waals surface area contributed by atoms with E-state index >= 15 is 0 Å². The number of nitrogens with zero attached hydrogens (tertiary/aromatic N) is 2. The van der Waals surface area contributed by atoms with Gasteiger partial charge in [-0.3, -0.25) is 0 Å². The maximum absolute atomic E-state index is 6.12. The summed E-state index contributed by atoms with van der Waals surface area (Å²) in [6.07, 6.45) is 3.80. The quantitative estimate of drug-likeness (QED) is 0.925. The second-order valence-electron chi connectivity index (χ2n) is 3.80. The van der Waals surface area contributed by atoms with Gasteiger partial charge in [-0.05, 0) is 24.7 Å². The summed E-state index contributed by atoms with van der Waals surface area (Å²) in [5, 5.41) is 4.40. The van der Waals surface area contributed by atoms with Crippen molar-refractivity contribution in [1.82, 2.24) is 14.9 Å². The summed E-state index contributed by atoms with van der Waals surface area (Å²) in [5.41, 5.74) is 2.04. The van der Waals surface area contributed by atoms with Gasteiger partial charge < -0.3 is 9.88 Å². The van der Waals surface area contributed by atoms with Crippen molar-refractivity contribution in [1.29, 1.82) is 0 Å². The zero-order valence-electron chi connectivity index (χ0n) is 9.45. The molecule has 1 aromatic heterocycles. The smallest absolute Gasteiger partial charge is 0.0953 e. The number of aromatic nitrogens is 2. The van der Waals surface area contributed by atoms with Crippen LogP contribution in [0.3, 0.4) is 0 Å². The maximum Gasteiger partial charge on any atom is 0.0953 e. The Labute approximate surface area is 110 Å². The van der Waals surface area contributed by atoms with Crippen molar-refractivity contribution >= 4 is 23.2 Å². The molecule has 1 heterocycles. The van der Waals surface area contributed by atoms with Crippen molar-refractivity contribution in [2.45, 2.75) is 13.1 Å². The minimum Gasteiger partial charge on any atom is -0.333 e. The number of hydrogen-bond acceptors (Lipinski definition) is 2. The van der Waals surface area contributed by atoms with Crippen LogP contribution in [0.4, 0.5) is 0 Å². The average Bonchev–Trinajstić information content (AvgIpc) is 2.71. The van der Waals surface area contributed by atoms with Crippen LogP contribution >= 0.6 is 23.2 Å². The Morgan fingerprint density at radius 3 is 2.88 bits per heavy atom. The molecule has 0 atom stereocenters. The topological polar surface area (TPSA) is 29.9 Å². The van der Waals surface area contributed by atoms with E-state index in [1.54, 1.807) is 12.4 Å². The number of benzene rings is 1. The second kappa shape index (κ2) is 5.54. The van der Waals surface area contributed by atoms with Gasteiger partial charge in [0.15, 0.2) is 0 Å². The van der Waals surface area contributed by atoms with Gasteiger partial charge in [0.25, 0.3) is 0 Å². The molecule has 1 N–H and O–H groups in total. The molecular weight excluding hydrogens is 257 g/mol. The molecule has 0 bridgehead atoms. The van der Waals surface area contributed by atoms with E-state index in [0.717, 1.165) is 17.8 Å². The van der Waals surface area contributed by atoms with Gasteiger partial charge in [0.1, 0.15) is 0 Å². The van der Waals surface area contributed by atoms with Gasteiger partial charge >= 0.3 is 0 Å². The highest BCUT2D eigenvalue weighted by Gasteiger charge is 2.03. The van der Waals surface area contributed by atoms with Crippen LogP contribution in [0, 0.1) is 0 Å². The molecule has 0 aliphatic heterocycles. The summed E-state index contributed by atoms with van der Waals surface area (Å²) < 4.78 is 2.00. The zero-order valence-corrected chi connectivity index (χ0v) is 11.0. The molecule has 2 rings (SSSR count). The van der Waals surface area contributed by atoms with Gasteiger partial charge in [-0.25, -0.2) is 4.98 Å². The molecule has 0 spiro atoms. The van der Waals surface area contributed by atoms with Crippen LogP contribution in [0.15, 0.2) is 30.7 Å². The van der Waals surface area contributed by atoms with Crippen LogP contribution in [0.5, 0.6) is 0 Å². The summed E-state index contributed by atoms with van der Waals surface area (Å²) in [6.45, 7) is 1.47. The number of halogens is 2. The highest BCUT2D eigenvalue weighted by Crippen LogP contribution is 2.21. The largest absolute Gasteiger partial charge is 0.333 e. The van der Waals surface area contributed by atoms with E-state index in [2.05, 4.69) is 10.3 Å². The van der Waals surface area contributed by atoms with Crippen LogP contribution in [-0.4, -0.2) is 16.6 Å². The van der Waals surface area contributed by atoms with Gasteiger partial charge in [0.2, 0.25) is 0 Å². The molecular formula is C12H13Cl2N3. The van der Waals surface area contributed by atoms with E-state index in [1.165, 1.54) is 0 Å². The van der Waals surface area contributed by atoms with E-state index < -0.39 is 0 Å². The Morgan fingerprint density at radius 1 is 1.35 bits per heavy atom. The van der Waals surface area contributed by atoms with Crippen molar-refractivity contribution in [3.05, 3.63) is 52.0 Å². The van der Waals surface area contributed by atoms with Crippen molar-refractivity contribution in [3.63, 3.8) is 0 Å². The monoisotopic (exact) mass is 269 g/mol. The second-order valence-corrected chi connectivity index (χ2v) is 4.65. The lowest BCUT2D eigenvalue weighted by molar-refractivity contribution is 0.782. The first kappa shape index (κ1) is 12.4. The van der Waals surface area contributed by atoms with E-state index in [1.807, 2.05) is 29.9 Å². The molecule has 17 heavy (non-hydrogen) atoms. The highest BCUT2D eigenvalue weighted by molar-refractivity contribution is 6.35. The average molecular weight is 270 g/mol. The third-order valence-corrected chi connectivity index (χ3v) is 3.00. The fourth-order valence-corrected chi connectivity index (χ4v) is 2.08. The normalized spacial score (nSPS) is 10.8.